The highest BCUT2D eigenvalue weighted by Gasteiger charge is 2.30. The summed E-state index contributed by atoms with van der Waals surface area (Å²) in [5, 5.41) is 4.21. The minimum atomic E-state index is 0.196. The Morgan fingerprint density at radius 1 is 1.62 bits per heavy atom. The largest absolute Gasteiger partial charge is 0.493 e. The standard InChI is InChI=1S/C12H18N2O2/c1-3-7-14-11(10(16-2)8-13-14)12(15)9-5-4-6-9/h8-9H,3-7H2,1-2H3. The number of aryl methyl sites for hydroxylation is 1. The average Bonchev–Trinajstić information content (AvgIpc) is 2.58. The molecule has 0 unspecified atom stereocenters. The number of rotatable bonds is 5. The van der Waals surface area contributed by atoms with E-state index in [0.29, 0.717) is 11.4 Å². The van der Waals surface area contributed by atoms with Gasteiger partial charge in [-0.25, -0.2) is 0 Å². The molecular formula is C12H18N2O2. The van der Waals surface area contributed by atoms with Crippen LogP contribution in [-0.4, -0.2) is 22.7 Å². The Hall–Kier alpha value is -1.32. The van der Waals surface area contributed by atoms with Crippen LogP contribution in [0.3, 0.4) is 0 Å². The molecular weight excluding hydrogens is 204 g/mol. The first kappa shape index (κ1) is 11.2. The second kappa shape index (κ2) is 4.68. The minimum absolute atomic E-state index is 0.196. The number of Topliss-reactive ketones (excluding diaryl/α,β-unsaturated/α-hetero) is 1. The summed E-state index contributed by atoms with van der Waals surface area (Å²) in [6, 6.07) is 0. The van der Waals surface area contributed by atoms with E-state index in [2.05, 4.69) is 12.0 Å². The van der Waals surface area contributed by atoms with Crippen molar-refractivity contribution in [3.8, 4) is 5.75 Å². The van der Waals surface area contributed by atoms with Crippen molar-refractivity contribution in [2.75, 3.05) is 7.11 Å². The van der Waals surface area contributed by atoms with E-state index >= 15 is 0 Å². The van der Waals surface area contributed by atoms with Crippen LogP contribution in [0.1, 0.15) is 43.1 Å². The number of carbonyl (C=O) groups is 1. The quantitative estimate of drug-likeness (QED) is 0.718. The number of carbonyl (C=O) groups excluding carboxylic acids is 1. The van der Waals surface area contributed by atoms with Gasteiger partial charge in [0.2, 0.25) is 0 Å². The number of nitrogens with zero attached hydrogens (tertiary/aromatic N) is 2. The van der Waals surface area contributed by atoms with E-state index in [-0.39, 0.29) is 11.7 Å². The molecule has 1 saturated carbocycles. The molecule has 2 rings (SSSR count). The van der Waals surface area contributed by atoms with Crippen LogP contribution in [0.25, 0.3) is 0 Å². The molecule has 1 aliphatic rings. The van der Waals surface area contributed by atoms with Gasteiger partial charge in [-0.15, -0.1) is 0 Å². The van der Waals surface area contributed by atoms with E-state index in [4.69, 9.17) is 4.74 Å². The molecule has 88 valence electrons. The van der Waals surface area contributed by atoms with Crippen molar-refractivity contribution < 1.29 is 9.53 Å². The van der Waals surface area contributed by atoms with Gasteiger partial charge < -0.3 is 4.74 Å². The van der Waals surface area contributed by atoms with Gasteiger partial charge >= 0.3 is 0 Å². The zero-order valence-electron chi connectivity index (χ0n) is 9.90. The van der Waals surface area contributed by atoms with Crippen LogP contribution in [0, 0.1) is 5.92 Å². The molecule has 0 amide bonds. The predicted octanol–water partition coefficient (Wildman–Crippen LogP) is 2.28. The summed E-state index contributed by atoms with van der Waals surface area (Å²) in [5.74, 6) is 1.01. The molecule has 0 bridgehead atoms. The van der Waals surface area contributed by atoms with Gasteiger partial charge in [-0.2, -0.15) is 5.10 Å². The summed E-state index contributed by atoms with van der Waals surface area (Å²) in [7, 11) is 1.59. The first-order valence-corrected chi connectivity index (χ1v) is 5.92. The van der Waals surface area contributed by atoms with Gasteiger partial charge in [-0.05, 0) is 19.3 Å². The fourth-order valence-corrected chi connectivity index (χ4v) is 2.01. The van der Waals surface area contributed by atoms with Gasteiger partial charge in [-0.3, -0.25) is 9.48 Å². The predicted molar refractivity (Wildman–Crippen MR) is 60.7 cm³/mol. The molecule has 4 nitrogen and oxygen atoms in total. The Morgan fingerprint density at radius 3 is 2.88 bits per heavy atom. The van der Waals surface area contributed by atoms with Gasteiger partial charge in [0.1, 0.15) is 5.69 Å². The zero-order chi connectivity index (χ0) is 11.5. The van der Waals surface area contributed by atoms with Gasteiger partial charge in [0.15, 0.2) is 11.5 Å². The number of ketones is 1. The fourth-order valence-electron chi connectivity index (χ4n) is 2.01. The lowest BCUT2D eigenvalue weighted by Gasteiger charge is -2.24. The smallest absolute Gasteiger partial charge is 0.187 e. The lowest BCUT2D eigenvalue weighted by molar-refractivity contribution is 0.0840. The van der Waals surface area contributed by atoms with E-state index in [1.165, 1.54) is 6.42 Å². The summed E-state index contributed by atoms with van der Waals surface area (Å²) in [5.41, 5.74) is 0.661. The van der Waals surface area contributed by atoms with Crippen LogP contribution in [0.5, 0.6) is 5.75 Å². The van der Waals surface area contributed by atoms with E-state index in [1.54, 1.807) is 18.0 Å². The molecule has 1 aromatic rings. The molecule has 1 aliphatic carbocycles. The van der Waals surface area contributed by atoms with Crippen molar-refractivity contribution in [1.82, 2.24) is 9.78 Å². The topological polar surface area (TPSA) is 44.1 Å². The van der Waals surface area contributed by atoms with Crippen LogP contribution in [0.4, 0.5) is 0 Å². The normalized spacial score (nSPS) is 15.9. The van der Waals surface area contributed by atoms with Crippen LogP contribution >= 0.6 is 0 Å². The van der Waals surface area contributed by atoms with Crippen LogP contribution in [-0.2, 0) is 6.54 Å². The molecule has 16 heavy (non-hydrogen) atoms. The minimum Gasteiger partial charge on any atom is -0.493 e. The summed E-state index contributed by atoms with van der Waals surface area (Å²) in [4.78, 5) is 12.2. The van der Waals surface area contributed by atoms with Gasteiger partial charge in [-0.1, -0.05) is 13.3 Å². The maximum atomic E-state index is 12.2. The third-order valence-corrected chi connectivity index (χ3v) is 3.17. The summed E-state index contributed by atoms with van der Waals surface area (Å²) in [6.07, 6.45) is 5.80. The lowest BCUT2D eigenvalue weighted by Crippen LogP contribution is -2.25. The second-order valence-corrected chi connectivity index (χ2v) is 4.28. The van der Waals surface area contributed by atoms with Crippen molar-refractivity contribution in [3.63, 3.8) is 0 Å². The lowest BCUT2D eigenvalue weighted by atomic mass is 9.81. The second-order valence-electron chi connectivity index (χ2n) is 4.28. The van der Waals surface area contributed by atoms with E-state index in [0.717, 1.165) is 25.8 Å². The van der Waals surface area contributed by atoms with Crippen molar-refractivity contribution in [1.29, 1.82) is 0 Å². The molecule has 0 aromatic carbocycles. The van der Waals surface area contributed by atoms with Crippen molar-refractivity contribution >= 4 is 5.78 Å². The third kappa shape index (κ3) is 1.84. The number of hydrogen-bond acceptors (Lipinski definition) is 3. The monoisotopic (exact) mass is 222 g/mol. The Labute approximate surface area is 95.6 Å². The summed E-state index contributed by atoms with van der Waals surface area (Å²) >= 11 is 0. The van der Waals surface area contributed by atoms with Gasteiger partial charge in [0, 0.05) is 12.5 Å². The SMILES string of the molecule is CCCn1ncc(OC)c1C(=O)C1CCC1. The van der Waals surface area contributed by atoms with Crippen molar-refractivity contribution in [2.24, 2.45) is 5.92 Å². The molecule has 0 N–H and O–H groups in total. The molecule has 0 spiro atoms. The van der Waals surface area contributed by atoms with Crippen molar-refractivity contribution in [3.05, 3.63) is 11.9 Å². The maximum Gasteiger partial charge on any atom is 0.187 e. The molecule has 0 radical (unpaired) electrons. The third-order valence-electron chi connectivity index (χ3n) is 3.17. The number of ether oxygens (including phenoxy) is 1. The van der Waals surface area contributed by atoms with E-state index < -0.39 is 0 Å². The molecule has 1 fully saturated rings. The Morgan fingerprint density at radius 2 is 2.38 bits per heavy atom. The summed E-state index contributed by atoms with van der Waals surface area (Å²) in [6.45, 7) is 2.85. The van der Waals surface area contributed by atoms with E-state index in [1.807, 2.05) is 0 Å². The molecule has 0 atom stereocenters. The average molecular weight is 222 g/mol. The van der Waals surface area contributed by atoms with E-state index in [9.17, 15) is 4.79 Å². The summed E-state index contributed by atoms with van der Waals surface area (Å²) < 4.78 is 6.99. The Bertz CT molecular complexity index is 380. The van der Waals surface area contributed by atoms with Gasteiger partial charge in [0.25, 0.3) is 0 Å². The highest BCUT2D eigenvalue weighted by atomic mass is 16.5. The molecule has 0 aliphatic heterocycles. The Kier molecular flexibility index (Phi) is 3.27. The Balaban J connectivity index is 2.27. The number of aromatic nitrogens is 2. The van der Waals surface area contributed by atoms with Crippen LogP contribution in [0.15, 0.2) is 6.20 Å². The maximum absolute atomic E-state index is 12.2. The van der Waals surface area contributed by atoms with Crippen molar-refractivity contribution in [2.45, 2.75) is 39.2 Å². The molecule has 4 heteroatoms. The molecule has 1 aromatic heterocycles. The number of methoxy groups -OCH3 is 1. The fraction of sp³-hybridized carbons (Fsp3) is 0.667. The first-order chi connectivity index (χ1) is 7.77. The molecule has 0 saturated heterocycles. The zero-order valence-corrected chi connectivity index (χ0v) is 9.90. The highest BCUT2D eigenvalue weighted by Crippen LogP contribution is 2.32. The number of hydrogen-bond donors (Lipinski definition) is 0. The van der Waals surface area contributed by atoms with Gasteiger partial charge in [0.05, 0.1) is 13.3 Å². The first-order valence-electron chi connectivity index (χ1n) is 5.92. The highest BCUT2D eigenvalue weighted by molar-refractivity contribution is 5.99. The van der Waals surface area contributed by atoms with Crippen LogP contribution in [0.2, 0.25) is 0 Å². The van der Waals surface area contributed by atoms with Crippen LogP contribution < -0.4 is 4.74 Å². The molecule has 1 heterocycles.